The summed E-state index contributed by atoms with van der Waals surface area (Å²) in [7, 11) is 0. The van der Waals surface area contributed by atoms with Gasteiger partial charge in [-0.1, -0.05) is 12.1 Å². The van der Waals surface area contributed by atoms with E-state index in [4.69, 9.17) is 5.73 Å². The number of hydrogen-bond donors (Lipinski definition) is 2. The van der Waals surface area contributed by atoms with E-state index in [1.54, 1.807) is 30.0 Å². The van der Waals surface area contributed by atoms with Gasteiger partial charge in [-0.05, 0) is 38.9 Å². The lowest BCUT2D eigenvalue weighted by molar-refractivity contribution is -0.121. The lowest BCUT2D eigenvalue weighted by atomic mass is 10.2. The Balaban J connectivity index is 2.94. The number of carbonyl (C=O) groups is 1. The largest absolute Gasteiger partial charge is 0.357 e. The Kier molecular flexibility index (Phi) is 6.29. The molecule has 5 heteroatoms. The first-order valence-corrected chi connectivity index (χ1v) is 6.60. The minimum Gasteiger partial charge on any atom is -0.357 e. The minimum absolute atomic E-state index is 0.109. The Morgan fingerprint density at radius 1 is 1.47 bits per heavy atom. The highest BCUT2D eigenvalue weighted by Crippen LogP contribution is 2.21. The van der Waals surface area contributed by atoms with E-state index in [9.17, 15) is 9.18 Å². The fraction of sp³-hybridized carbons (Fsp3) is 0.500. The molecular weight excluding hydrogens is 245 g/mol. The van der Waals surface area contributed by atoms with Crippen LogP contribution in [0.25, 0.3) is 0 Å². The fourth-order valence-corrected chi connectivity index (χ4v) is 1.93. The molecule has 1 unspecified atom stereocenters. The number of carbonyl (C=O) groups excluding carboxylic acids is 1. The SMILES string of the molecule is CCNC(=O)C(C)N(CCCN)c1ccccc1F. The van der Waals surface area contributed by atoms with Crippen molar-refractivity contribution in [1.82, 2.24) is 5.32 Å². The molecule has 0 saturated heterocycles. The molecule has 0 fully saturated rings. The molecule has 0 bridgehead atoms. The molecule has 1 atom stereocenters. The van der Waals surface area contributed by atoms with Crippen LogP contribution in [0.3, 0.4) is 0 Å². The van der Waals surface area contributed by atoms with Gasteiger partial charge in [0.1, 0.15) is 11.9 Å². The summed E-state index contributed by atoms with van der Waals surface area (Å²) in [5.41, 5.74) is 5.95. The van der Waals surface area contributed by atoms with Gasteiger partial charge in [0.05, 0.1) is 5.69 Å². The van der Waals surface area contributed by atoms with E-state index >= 15 is 0 Å². The summed E-state index contributed by atoms with van der Waals surface area (Å²) in [6.45, 7) is 5.25. The molecule has 0 aliphatic rings. The maximum Gasteiger partial charge on any atom is 0.242 e. The van der Waals surface area contributed by atoms with Crippen LogP contribution in [0.4, 0.5) is 10.1 Å². The molecule has 0 spiro atoms. The van der Waals surface area contributed by atoms with E-state index in [1.807, 2.05) is 6.92 Å². The second kappa shape index (κ2) is 7.74. The first kappa shape index (κ1) is 15.4. The summed E-state index contributed by atoms with van der Waals surface area (Å²) in [5, 5.41) is 2.76. The van der Waals surface area contributed by atoms with Crippen molar-refractivity contribution in [3.05, 3.63) is 30.1 Å². The molecular formula is C14H22FN3O. The van der Waals surface area contributed by atoms with E-state index in [0.717, 1.165) is 0 Å². The van der Waals surface area contributed by atoms with Crippen LogP contribution in [0.5, 0.6) is 0 Å². The minimum atomic E-state index is -0.427. The number of nitrogens with zero attached hydrogens (tertiary/aromatic N) is 1. The average molecular weight is 267 g/mol. The molecule has 0 heterocycles. The molecule has 1 aromatic rings. The summed E-state index contributed by atoms with van der Waals surface area (Å²) in [6.07, 6.45) is 0.706. The number of halogens is 1. The number of para-hydroxylation sites is 1. The van der Waals surface area contributed by atoms with Gasteiger partial charge in [-0.3, -0.25) is 4.79 Å². The Bertz CT molecular complexity index is 411. The monoisotopic (exact) mass is 267 g/mol. The fourth-order valence-electron chi connectivity index (χ4n) is 1.93. The maximum absolute atomic E-state index is 13.9. The summed E-state index contributed by atoms with van der Waals surface area (Å²) in [4.78, 5) is 13.7. The molecule has 0 radical (unpaired) electrons. The molecule has 106 valence electrons. The molecule has 3 N–H and O–H groups in total. The summed E-state index contributed by atoms with van der Waals surface area (Å²) in [5.74, 6) is -0.432. The van der Waals surface area contributed by atoms with Crippen LogP contribution in [-0.2, 0) is 4.79 Å². The Labute approximate surface area is 113 Å². The van der Waals surface area contributed by atoms with Crippen molar-refractivity contribution in [1.29, 1.82) is 0 Å². The van der Waals surface area contributed by atoms with E-state index in [0.29, 0.717) is 31.7 Å². The van der Waals surface area contributed by atoms with Crippen molar-refractivity contribution < 1.29 is 9.18 Å². The number of anilines is 1. The molecule has 0 aliphatic heterocycles. The van der Waals surface area contributed by atoms with E-state index in [2.05, 4.69) is 5.32 Å². The zero-order chi connectivity index (χ0) is 14.3. The summed E-state index contributed by atoms with van der Waals surface area (Å²) in [6, 6.07) is 6.05. The van der Waals surface area contributed by atoms with Gasteiger partial charge in [-0.15, -0.1) is 0 Å². The Morgan fingerprint density at radius 3 is 2.74 bits per heavy atom. The van der Waals surface area contributed by atoms with Crippen LogP contribution in [0.1, 0.15) is 20.3 Å². The number of hydrogen-bond acceptors (Lipinski definition) is 3. The van der Waals surface area contributed by atoms with Gasteiger partial charge >= 0.3 is 0 Å². The van der Waals surface area contributed by atoms with Crippen LogP contribution in [0, 0.1) is 5.82 Å². The van der Waals surface area contributed by atoms with Crippen molar-refractivity contribution >= 4 is 11.6 Å². The third-order valence-corrected chi connectivity index (χ3v) is 2.96. The second-order valence-electron chi connectivity index (χ2n) is 4.36. The Hall–Kier alpha value is -1.62. The number of benzene rings is 1. The lowest BCUT2D eigenvalue weighted by Gasteiger charge is -2.30. The topological polar surface area (TPSA) is 58.4 Å². The molecule has 4 nitrogen and oxygen atoms in total. The van der Waals surface area contributed by atoms with Crippen LogP contribution >= 0.6 is 0 Å². The van der Waals surface area contributed by atoms with E-state index in [-0.39, 0.29) is 11.7 Å². The standard InChI is InChI=1S/C14H22FN3O/c1-3-17-14(19)11(2)18(10-6-9-16)13-8-5-4-7-12(13)15/h4-5,7-8,11H,3,6,9-10,16H2,1-2H3,(H,17,19). The van der Waals surface area contributed by atoms with Crippen molar-refractivity contribution in [2.45, 2.75) is 26.3 Å². The molecule has 0 saturated carbocycles. The summed E-state index contributed by atoms with van der Waals surface area (Å²) >= 11 is 0. The van der Waals surface area contributed by atoms with Gasteiger partial charge in [-0.25, -0.2) is 4.39 Å². The van der Waals surface area contributed by atoms with Gasteiger partial charge in [0.25, 0.3) is 0 Å². The molecule has 0 aliphatic carbocycles. The van der Waals surface area contributed by atoms with Crippen LogP contribution in [-0.4, -0.2) is 31.6 Å². The zero-order valence-electron chi connectivity index (χ0n) is 11.5. The van der Waals surface area contributed by atoms with Crippen LogP contribution < -0.4 is 16.0 Å². The van der Waals surface area contributed by atoms with Crippen LogP contribution in [0.15, 0.2) is 24.3 Å². The molecule has 1 rings (SSSR count). The zero-order valence-corrected chi connectivity index (χ0v) is 11.5. The van der Waals surface area contributed by atoms with Gasteiger partial charge in [0, 0.05) is 13.1 Å². The highest BCUT2D eigenvalue weighted by atomic mass is 19.1. The normalized spacial score (nSPS) is 12.0. The van der Waals surface area contributed by atoms with Gasteiger partial charge in [-0.2, -0.15) is 0 Å². The molecule has 19 heavy (non-hydrogen) atoms. The number of amides is 1. The highest BCUT2D eigenvalue weighted by Gasteiger charge is 2.22. The first-order chi connectivity index (χ1) is 9.11. The molecule has 1 aromatic carbocycles. The number of likely N-dealkylation sites (N-methyl/N-ethyl adjacent to an activating group) is 1. The van der Waals surface area contributed by atoms with Gasteiger partial charge in [0.15, 0.2) is 0 Å². The number of nitrogens with two attached hydrogens (primary N) is 1. The first-order valence-electron chi connectivity index (χ1n) is 6.60. The number of rotatable bonds is 7. The third-order valence-electron chi connectivity index (χ3n) is 2.96. The predicted molar refractivity (Wildman–Crippen MR) is 75.6 cm³/mol. The van der Waals surface area contributed by atoms with Crippen molar-refractivity contribution in [3.8, 4) is 0 Å². The lowest BCUT2D eigenvalue weighted by Crippen LogP contribution is -2.46. The van der Waals surface area contributed by atoms with Crippen molar-refractivity contribution in [2.75, 3.05) is 24.5 Å². The van der Waals surface area contributed by atoms with Crippen molar-refractivity contribution in [2.24, 2.45) is 5.73 Å². The van der Waals surface area contributed by atoms with Crippen LogP contribution in [0.2, 0.25) is 0 Å². The highest BCUT2D eigenvalue weighted by molar-refractivity contribution is 5.84. The van der Waals surface area contributed by atoms with Gasteiger partial charge in [0.2, 0.25) is 5.91 Å². The quantitative estimate of drug-likeness (QED) is 0.787. The number of nitrogens with one attached hydrogen (secondary N) is 1. The second-order valence-corrected chi connectivity index (χ2v) is 4.36. The molecule has 1 amide bonds. The average Bonchev–Trinajstić information content (AvgIpc) is 2.41. The third kappa shape index (κ3) is 4.21. The maximum atomic E-state index is 13.9. The predicted octanol–water partition coefficient (Wildman–Crippen LogP) is 1.51. The van der Waals surface area contributed by atoms with Gasteiger partial charge < -0.3 is 16.0 Å². The smallest absolute Gasteiger partial charge is 0.242 e. The molecule has 0 aromatic heterocycles. The Morgan fingerprint density at radius 2 is 2.16 bits per heavy atom. The van der Waals surface area contributed by atoms with Crippen molar-refractivity contribution in [3.63, 3.8) is 0 Å². The van der Waals surface area contributed by atoms with E-state index < -0.39 is 6.04 Å². The van der Waals surface area contributed by atoms with E-state index in [1.165, 1.54) is 6.07 Å². The summed E-state index contributed by atoms with van der Waals surface area (Å²) < 4.78 is 13.9.